The Kier molecular flexibility index (Phi) is 4.24. The number of carbonyl (C=O) groups is 1. The number of nitro groups is 1. The quantitative estimate of drug-likeness (QED) is 0.645. The van der Waals surface area contributed by atoms with Crippen LogP contribution < -0.4 is 10.6 Å². The second kappa shape index (κ2) is 5.76. The van der Waals surface area contributed by atoms with E-state index in [1.54, 1.807) is 6.92 Å². The van der Waals surface area contributed by atoms with E-state index in [2.05, 4.69) is 0 Å². The number of aliphatic hydroxyl groups excluding tert-OH is 1. The molecule has 1 amide bonds. The summed E-state index contributed by atoms with van der Waals surface area (Å²) in [4.78, 5) is 24.3. The summed E-state index contributed by atoms with van der Waals surface area (Å²) < 4.78 is 0. The third-order valence-corrected chi connectivity index (χ3v) is 4.79. The van der Waals surface area contributed by atoms with Crippen molar-refractivity contribution < 1.29 is 14.8 Å². The van der Waals surface area contributed by atoms with E-state index in [1.165, 1.54) is 17.4 Å². The molecule has 20 heavy (non-hydrogen) atoms. The number of aliphatic hydroxyl groups is 1. The molecule has 0 radical (unpaired) electrons. The molecule has 1 aliphatic heterocycles. The maximum atomic E-state index is 11.3. The number of anilines is 1. The predicted octanol–water partition coefficient (Wildman–Crippen LogP) is 1.41. The summed E-state index contributed by atoms with van der Waals surface area (Å²) in [6.07, 6.45) is 0.741. The number of amides is 1. The van der Waals surface area contributed by atoms with Gasteiger partial charge in [0, 0.05) is 24.0 Å². The zero-order chi connectivity index (χ0) is 14.9. The Morgan fingerprint density at radius 1 is 1.70 bits per heavy atom. The minimum absolute atomic E-state index is 0.0176. The highest BCUT2D eigenvalue weighted by molar-refractivity contribution is 7.16. The Morgan fingerprint density at radius 2 is 2.40 bits per heavy atom. The van der Waals surface area contributed by atoms with Crippen LogP contribution in [0.3, 0.4) is 0 Å². The fourth-order valence-electron chi connectivity index (χ4n) is 2.35. The first kappa shape index (κ1) is 14.7. The number of hydrogen-bond donors (Lipinski definition) is 2. The summed E-state index contributed by atoms with van der Waals surface area (Å²) in [5, 5.41) is 21.2. The fourth-order valence-corrected chi connectivity index (χ4v) is 3.44. The lowest BCUT2D eigenvalue weighted by Gasteiger charge is -2.31. The molecule has 8 heteroatoms. The van der Waals surface area contributed by atoms with Crippen LogP contribution in [0.5, 0.6) is 0 Å². The van der Waals surface area contributed by atoms with Crippen LogP contribution in [0.1, 0.15) is 30.7 Å². The lowest BCUT2D eigenvalue weighted by atomic mass is 9.98. The molecule has 7 nitrogen and oxygen atoms in total. The summed E-state index contributed by atoms with van der Waals surface area (Å²) in [6, 6.07) is 1.40. The molecule has 0 spiro atoms. The van der Waals surface area contributed by atoms with E-state index in [9.17, 15) is 20.0 Å². The average Bonchev–Trinajstić information content (AvgIpc) is 2.84. The molecule has 2 rings (SSSR count). The van der Waals surface area contributed by atoms with Crippen LogP contribution in [0.15, 0.2) is 6.07 Å². The zero-order valence-electron chi connectivity index (χ0n) is 11.1. The molecule has 1 fully saturated rings. The van der Waals surface area contributed by atoms with Gasteiger partial charge in [0.05, 0.1) is 16.9 Å². The molecule has 0 aromatic carbocycles. The van der Waals surface area contributed by atoms with E-state index < -0.39 is 11.0 Å². The van der Waals surface area contributed by atoms with Crippen LogP contribution in [0.4, 0.5) is 10.7 Å². The number of nitrogens with two attached hydrogens (primary N) is 1. The van der Waals surface area contributed by atoms with Gasteiger partial charge in [-0.1, -0.05) is 0 Å². The number of thiophene rings is 1. The smallest absolute Gasteiger partial charge is 0.304 e. The Hall–Kier alpha value is -1.67. The van der Waals surface area contributed by atoms with E-state index in [4.69, 9.17) is 5.73 Å². The molecular weight excluding hydrogens is 282 g/mol. The van der Waals surface area contributed by atoms with Crippen LogP contribution >= 0.6 is 11.3 Å². The Labute approximate surface area is 120 Å². The highest BCUT2D eigenvalue weighted by Gasteiger charge is 2.30. The standard InChI is InChI=1S/C12H17N3O4S/c1-7(16)10-5-9(15(18)19)12(20-10)14-4-2-3-8(6-14)11(13)17/h5,7-8,16H,2-4,6H2,1H3,(H2,13,17)/t7-,8?/m0/s1. The van der Waals surface area contributed by atoms with Gasteiger partial charge in [-0.2, -0.15) is 0 Å². The molecule has 3 N–H and O–H groups in total. The SMILES string of the molecule is C[C@H](O)c1cc([N+](=O)[O-])c(N2CCCC(C(N)=O)C2)s1. The van der Waals surface area contributed by atoms with Crippen LogP contribution in [0.2, 0.25) is 0 Å². The number of rotatable bonds is 4. The molecule has 2 heterocycles. The topological polar surface area (TPSA) is 110 Å². The first-order chi connectivity index (χ1) is 9.40. The van der Waals surface area contributed by atoms with Gasteiger partial charge in [-0.3, -0.25) is 14.9 Å². The van der Waals surface area contributed by atoms with Crippen LogP contribution in [-0.4, -0.2) is 29.0 Å². The Bertz CT molecular complexity index is 529. The number of hydrogen-bond acceptors (Lipinski definition) is 6. The number of nitrogens with zero attached hydrogens (tertiary/aromatic N) is 2. The molecule has 2 atom stereocenters. The molecule has 1 saturated heterocycles. The van der Waals surface area contributed by atoms with Gasteiger partial charge in [-0.25, -0.2) is 0 Å². The third-order valence-electron chi connectivity index (χ3n) is 3.43. The number of piperidine rings is 1. The molecule has 1 aliphatic rings. The lowest BCUT2D eigenvalue weighted by Crippen LogP contribution is -2.41. The van der Waals surface area contributed by atoms with Gasteiger partial charge in [0.2, 0.25) is 5.91 Å². The van der Waals surface area contributed by atoms with Crippen molar-refractivity contribution >= 4 is 27.9 Å². The first-order valence-electron chi connectivity index (χ1n) is 6.40. The Morgan fingerprint density at radius 3 is 2.95 bits per heavy atom. The van der Waals surface area contributed by atoms with Gasteiger partial charge in [-0.15, -0.1) is 11.3 Å². The largest absolute Gasteiger partial charge is 0.388 e. The van der Waals surface area contributed by atoms with E-state index >= 15 is 0 Å². The van der Waals surface area contributed by atoms with Crippen molar-refractivity contribution in [2.24, 2.45) is 11.7 Å². The molecule has 1 unspecified atom stereocenters. The second-order valence-electron chi connectivity index (χ2n) is 4.96. The minimum Gasteiger partial charge on any atom is -0.388 e. The van der Waals surface area contributed by atoms with Crippen LogP contribution in [0, 0.1) is 16.0 Å². The maximum Gasteiger partial charge on any atom is 0.304 e. The van der Waals surface area contributed by atoms with Crippen molar-refractivity contribution in [3.05, 3.63) is 21.1 Å². The summed E-state index contributed by atoms with van der Waals surface area (Å²) >= 11 is 1.20. The first-order valence-corrected chi connectivity index (χ1v) is 7.22. The zero-order valence-corrected chi connectivity index (χ0v) is 11.9. The van der Waals surface area contributed by atoms with E-state index in [0.717, 1.165) is 6.42 Å². The van der Waals surface area contributed by atoms with E-state index in [0.29, 0.717) is 29.4 Å². The summed E-state index contributed by atoms with van der Waals surface area (Å²) in [6.45, 7) is 2.63. The highest BCUT2D eigenvalue weighted by Crippen LogP contribution is 2.41. The third kappa shape index (κ3) is 2.91. The van der Waals surface area contributed by atoms with Gasteiger partial charge >= 0.3 is 5.69 Å². The van der Waals surface area contributed by atoms with Crippen LogP contribution in [0.25, 0.3) is 0 Å². The molecule has 110 valence electrons. The number of carbonyl (C=O) groups excluding carboxylic acids is 1. The minimum atomic E-state index is -0.746. The predicted molar refractivity (Wildman–Crippen MR) is 75.7 cm³/mol. The van der Waals surface area contributed by atoms with Crippen LogP contribution in [-0.2, 0) is 4.79 Å². The van der Waals surface area contributed by atoms with Crippen molar-refractivity contribution in [1.82, 2.24) is 0 Å². The number of primary amides is 1. The van der Waals surface area contributed by atoms with E-state index in [1.807, 2.05) is 4.90 Å². The van der Waals surface area contributed by atoms with Gasteiger partial charge < -0.3 is 15.7 Å². The van der Waals surface area contributed by atoms with Crippen molar-refractivity contribution in [3.8, 4) is 0 Å². The molecule has 0 bridgehead atoms. The fraction of sp³-hybridized carbons (Fsp3) is 0.583. The summed E-state index contributed by atoms with van der Waals surface area (Å²) in [7, 11) is 0. The van der Waals surface area contributed by atoms with Crippen molar-refractivity contribution in [1.29, 1.82) is 0 Å². The second-order valence-corrected chi connectivity index (χ2v) is 6.02. The molecule has 0 saturated carbocycles. The van der Waals surface area contributed by atoms with Gasteiger partial charge in [0.1, 0.15) is 0 Å². The monoisotopic (exact) mass is 299 g/mol. The van der Waals surface area contributed by atoms with E-state index in [-0.39, 0.29) is 17.5 Å². The van der Waals surface area contributed by atoms with Gasteiger partial charge in [-0.05, 0) is 19.8 Å². The highest BCUT2D eigenvalue weighted by atomic mass is 32.1. The maximum absolute atomic E-state index is 11.3. The Balaban J connectivity index is 2.31. The molecule has 0 aliphatic carbocycles. The molecule has 1 aromatic heterocycles. The molecular formula is C12H17N3O4S. The summed E-state index contributed by atoms with van der Waals surface area (Å²) in [5.41, 5.74) is 5.31. The average molecular weight is 299 g/mol. The normalized spacial score (nSPS) is 20.7. The van der Waals surface area contributed by atoms with Crippen molar-refractivity contribution in [2.45, 2.75) is 25.9 Å². The van der Waals surface area contributed by atoms with Gasteiger partial charge in [0.25, 0.3) is 0 Å². The molecule has 1 aromatic rings. The van der Waals surface area contributed by atoms with Crippen molar-refractivity contribution in [3.63, 3.8) is 0 Å². The van der Waals surface area contributed by atoms with Gasteiger partial charge in [0.15, 0.2) is 5.00 Å². The lowest BCUT2D eigenvalue weighted by molar-refractivity contribution is -0.383. The summed E-state index contributed by atoms with van der Waals surface area (Å²) in [5.74, 6) is -0.648. The van der Waals surface area contributed by atoms with Crippen molar-refractivity contribution in [2.75, 3.05) is 18.0 Å².